The van der Waals surface area contributed by atoms with E-state index in [1.807, 2.05) is 13.8 Å². The monoisotopic (exact) mass is 394 g/mol. The van der Waals surface area contributed by atoms with E-state index in [0.29, 0.717) is 24.6 Å². The fraction of sp³-hybridized carbons (Fsp3) is 0.316. The highest BCUT2D eigenvalue weighted by Gasteiger charge is 2.27. The summed E-state index contributed by atoms with van der Waals surface area (Å²) in [4.78, 5) is 12.1. The number of nitrogens with zero attached hydrogens (tertiary/aromatic N) is 1. The number of carbonyl (C=O) groups is 1. The lowest BCUT2D eigenvalue weighted by atomic mass is 10.3. The zero-order valence-electron chi connectivity index (χ0n) is 15.3. The molecule has 0 aliphatic heterocycles. The quantitative estimate of drug-likeness (QED) is 0.710. The maximum absolute atomic E-state index is 13.2. The Balaban J connectivity index is 2.39. The molecular formula is C19H23FN2O4S. The molecule has 0 aliphatic carbocycles. The van der Waals surface area contributed by atoms with Crippen molar-refractivity contribution < 1.29 is 22.3 Å². The number of carbonyl (C=O) groups excluding carboxylic acids is 1. The van der Waals surface area contributed by atoms with Crippen LogP contribution >= 0.6 is 0 Å². The number of sulfonamides is 1. The second kappa shape index (κ2) is 9.36. The van der Waals surface area contributed by atoms with Gasteiger partial charge in [-0.2, -0.15) is 0 Å². The van der Waals surface area contributed by atoms with Crippen LogP contribution in [0.15, 0.2) is 53.4 Å². The third-order valence-electron chi connectivity index (χ3n) is 3.70. The summed E-state index contributed by atoms with van der Waals surface area (Å²) in [6.45, 7) is 4.30. The maximum Gasteiger partial charge on any atom is 0.264 e. The molecule has 0 bridgehead atoms. The van der Waals surface area contributed by atoms with Crippen LogP contribution in [-0.2, 0) is 14.8 Å². The molecule has 2 aromatic carbocycles. The van der Waals surface area contributed by atoms with Gasteiger partial charge < -0.3 is 10.1 Å². The molecule has 0 aromatic heterocycles. The summed E-state index contributed by atoms with van der Waals surface area (Å²) in [7, 11) is -4.05. The summed E-state index contributed by atoms with van der Waals surface area (Å²) in [6, 6.07) is 10.9. The molecule has 146 valence electrons. The van der Waals surface area contributed by atoms with Crippen molar-refractivity contribution in [3.05, 3.63) is 54.3 Å². The molecule has 2 aromatic rings. The predicted molar refractivity (Wildman–Crippen MR) is 102 cm³/mol. The number of rotatable bonds is 9. The van der Waals surface area contributed by atoms with E-state index in [9.17, 15) is 17.6 Å². The molecule has 0 radical (unpaired) electrons. The minimum Gasteiger partial charge on any atom is -0.494 e. The van der Waals surface area contributed by atoms with Gasteiger partial charge in [0.15, 0.2) is 0 Å². The Kier molecular flexibility index (Phi) is 7.18. The van der Waals surface area contributed by atoms with E-state index in [0.717, 1.165) is 22.9 Å². The van der Waals surface area contributed by atoms with Crippen LogP contribution in [0, 0.1) is 5.82 Å². The zero-order valence-corrected chi connectivity index (χ0v) is 16.1. The molecule has 8 heteroatoms. The molecular weight excluding hydrogens is 371 g/mol. The number of ether oxygens (including phenoxy) is 1. The molecule has 0 aliphatic rings. The minimum absolute atomic E-state index is 0.0962. The first kappa shape index (κ1) is 20.7. The molecule has 1 N–H and O–H groups in total. The Morgan fingerprint density at radius 2 is 1.70 bits per heavy atom. The summed E-state index contributed by atoms with van der Waals surface area (Å²) in [5.41, 5.74) is 0.314. The normalized spacial score (nSPS) is 11.1. The van der Waals surface area contributed by atoms with Gasteiger partial charge in [-0.15, -0.1) is 0 Å². The second-order valence-corrected chi connectivity index (χ2v) is 7.60. The van der Waals surface area contributed by atoms with E-state index in [2.05, 4.69) is 5.32 Å². The number of halogens is 1. The highest BCUT2D eigenvalue weighted by atomic mass is 32.2. The Morgan fingerprint density at radius 3 is 2.26 bits per heavy atom. The van der Waals surface area contributed by atoms with Crippen molar-refractivity contribution >= 4 is 21.6 Å². The van der Waals surface area contributed by atoms with Gasteiger partial charge >= 0.3 is 0 Å². The number of nitrogens with one attached hydrogen (secondary N) is 1. The van der Waals surface area contributed by atoms with Crippen molar-refractivity contribution in [3.8, 4) is 5.75 Å². The number of hydrogen-bond donors (Lipinski definition) is 1. The summed E-state index contributed by atoms with van der Waals surface area (Å²) in [6.07, 6.45) is 0.736. The van der Waals surface area contributed by atoms with Crippen molar-refractivity contribution in [3.63, 3.8) is 0 Å². The lowest BCUT2D eigenvalue weighted by molar-refractivity contribution is -0.119. The number of anilines is 1. The second-order valence-electron chi connectivity index (χ2n) is 5.74. The SMILES string of the molecule is CCCNC(=O)CN(c1ccc(OCC)cc1)S(=O)(=O)c1ccc(F)cc1. The molecule has 6 nitrogen and oxygen atoms in total. The summed E-state index contributed by atoms with van der Waals surface area (Å²) in [5.74, 6) is -0.366. The van der Waals surface area contributed by atoms with Crippen LogP contribution in [0.2, 0.25) is 0 Å². The average molecular weight is 394 g/mol. The fourth-order valence-corrected chi connectivity index (χ4v) is 3.80. The lowest BCUT2D eigenvalue weighted by Crippen LogP contribution is -2.41. The van der Waals surface area contributed by atoms with Gasteiger partial charge in [0, 0.05) is 6.54 Å². The van der Waals surface area contributed by atoms with Gasteiger partial charge in [-0.3, -0.25) is 9.10 Å². The van der Waals surface area contributed by atoms with E-state index in [-0.39, 0.29) is 11.4 Å². The smallest absolute Gasteiger partial charge is 0.264 e. The molecule has 0 heterocycles. The van der Waals surface area contributed by atoms with Crippen LogP contribution in [0.3, 0.4) is 0 Å². The van der Waals surface area contributed by atoms with Gasteiger partial charge in [-0.05, 0) is 61.9 Å². The van der Waals surface area contributed by atoms with Gasteiger partial charge in [0.2, 0.25) is 5.91 Å². The van der Waals surface area contributed by atoms with Crippen molar-refractivity contribution in [2.75, 3.05) is 24.0 Å². The summed E-state index contributed by atoms with van der Waals surface area (Å²) >= 11 is 0. The third-order valence-corrected chi connectivity index (χ3v) is 5.48. The summed E-state index contributed by atoms with van der Waals surface area (Å²) < 4.78 is 45.7. The van der Waals surface area contributed by atoms with Crippen LogP contribution in [0.25, 0.3) is 0 Å². The Bertz CT molecular complexity index is 852. The predicted octanol–water partition coefficient (Wildman–Crippen LogP) is 2.95. The van der Waals surface area contributed by atoms with E-state index < -0.39 is 21.7 Å². The first-order valence-electron chi connectivity index (χ1n) is 8.66. The van der Waals surface area contributed by atoms with E-state index in [4.69, 9.17) is 4.74 Å². The van der Waals surface area contributed by atoms with Crippen LogP contribution in [0.5, 0.6) is 5.75 Å². The van der Waals surface area contributed by atoms with E-state index in [1.165, 1.54) is 12.1 Å². The topological polar surface area (TPSA) is 75.7 Å². The molecule has 0 saturated heterocycles. The Hall–Kier alpha value is -2.61. The fourth-order valence-electron chi connectivity index (χ4n) is 2.37. The first-order valence-corrected chi connectivity index (χ1v) is 10.1. The average Bonchev–Trinajstić information content (AvgIpc) is 2.66. The van der Waals surface area contributed by atoms with Crippen molar-refractivity contribution in [1.82, 2.24) is 5.32 Å². The largest absolute Gasteiger partial charge is 0.494 e. The molecule has 0 saturated carbocycles. The Morgan fingerprint density at radius 1 is 1.07 bits per heavy atom. The van der Waals surface area contributed by atoms with Crippen LogP contribution in [0.4, 0.5) is 10.1 Å². The number of hydrogen-bond acceptors (Lipinski definition) is 4. The van der Waals surface area contributed by atoms with Crippen LogP contribution in [0.1, 0.15) is 20.3 Å². The molecule has 0 unspecified atom stereocenters. The van der Waals surface area contributed by atoms with Crippen molar-refractivity contribution in [2.24, 2.45) is 0 Å². The highest BCUT2D eigenvalue weighted by Crippen LogP contribution is 2.26. The van der Waals surface area contributed by atoms with Crippen LogP contribution < -0.4 is 14.4 Å². The molecule has 2 rings (SSSR count). The van der Waals surface area contributed by atoms with E-state index >= 15 is 0 Å². The number of benzene rings is 2. The molecule has 0 fully saturated rings. The maximum atomic E-state index is 13.2. The first-order chi connectivity index (χ1) is 12.9. The van der Waals surface area contributed by atoms with Gasteiger partial charge in [-0.1, -0.05) is 6.92 Å². The standard InChI is InChI=1S/C19H23FN2O4S/c1-3-13-21-19(23)14-22(16-7-9-17(10-8-16)26-4-2)27(24,25)18-11-5-15(20)6-12-18/h5-12H,3-4,13-14H2,1-2H3,(H,21,23). The zero-order chi connectivity index (χ0) is 19.9. The lowest BCUT2D eigenvalue weighted by Gasteiger charge is -2.24. The number of amides is 1. The molecule has 0 atom stereocenters. The van der Waals surface area contributed by atoms with Crippen LogP contribution in [-0.4, -0.2) is 34.0 Å². The minimum atomic E-state index is -4.05. The van der Waals surface area contributed by atoms with Crippen molar-refractivity contribution in [2.45, 2.75) is 25.2 Å². The highest BCUT2D eigenvalue weighted by molar-refractivity contribution is 7.92. The summed E-state index contributed by atoms with van der Waals surface area (Å²) in [5, 5.41) is 2.67. The third kappa shape index (κ3) is 5.43. The molecule has 0 spiro atoms. The van der Waals surface area contributed by atoms with Gasteiger partial charge in [-0.25, -0.2) is 12.8 Å². The van der Waals surface area contributed by atoms with E-state index in [1.54, 1.807) is 24.3 Å². The van der Waals surface area contributed by atoms with Gasteiger partial charge in [0.25, 0.3) is 10.0 Å². The van der Waals surface area contributed by atoms with Crippen molar-refractivity contribution in [1.29, 1.82) is 0 Å². The Labute approximate surface area is 159 Å². The molecule has 1 amide bonds. The van der Waals surface area contributed by atoms with Gasteiger partial charge in [0.05, 0.1) is 17.2 Å². The molecule has 27 heavy (non-hydrogen) atoms. The van der Waals surface area contributed by atoms with Gasteiger partial charge in [0.1, 0.15) is 18.1 Å².